The lowest BCUT2D eigenvalue weighted by atomic mass is 10.1. The van der Waals surface area contributed by atoms with Crippen molar-refractivity contribution in [1.29, 1.82) is 0 Å². The molecule has 0 radical (unpaired) electrons. The van der Waals surface area contributed by atoms with E-state index in [1.54, 1.807) is 0 Å². The summed E-state index contributed by atoms with van der Waals surface area (Å²) >= 11 is 0. The summed E-state index contributed by atoms with van der Waals surface area (Å²) in [6, 6.07) is 0. The molecule has 1 aliphatic heterocycles. The third-order valence-electron chi connectivity index (χ3n) is 3.30. The third kappa shape index (κ3) is 2.81. The van der Waals surface area contributed by atoms with Crippen LogP contribution in [0.25, 0.3) is 0 Å². The van der Waals surface area contributed by atoms with Crippen LogP contribution in [0.4, 0.5) is 10.2 Å². The fraction of sp³-hybridized carbons (Fsp3) is 0.500. The Balaban J connectivity index is 2.42. The zero-order chi connectivity index (χ0) is 15.6. The van der Waals surface area contributed by atoms with E-state index >= 15 is 0 Å². The molecule has 1 fully saturated rings. The van der Waals surface area contributed by atoms with Crippen molar-refractivity contribution in [1.82, 2.24) is 9.55 Å². The van der Waals surface area contributed by atoms with Gasteiger partial charge in [0.1, 0.15) is 18.0 Å². The van der Waals surface area contributed by atoms with Crippen LogP contribution in [0.5, 0.6) is 0 Å². The average Bonchev–Trinajstić information content (AvgIpc) is 2.78. The number of hydrogen-bond acceptors (Lipinski definition) is 7. The van der Waals surface area contributed by atoms with Gasteiger partial charge in [-0.25, -0.2) is 9.18 Å². The Morgan fingerprint density at radius 2 is 2.24 bits per heavy atom. The summed E-state index contributed by atoms with van der Waals surface area (Å²) in [7, 11) is 0. The SMILES string of the molecule is Nc1nc(=O)n(C2OC(CO)/C(=C/F)C2O)cc1CCO. The van der Waals surface area contributed by atoms with Gasteiger partial charge in [-0.05, 0) is 0 Å². The molecule has 3 atom stereocenters. The fourth-order valence-electron chi connectivity index (χ4n) is 2.19. The highest BCUT2D eigenvalue weighted by molar-refractivity contribution is 5.37. The first-order valence-corrected chi connectivity index (χ1v) is 6.26. The number of anilines is 1. The molecule has 0 spiro atoms. The predicted octanol–water partition coefficient (Wildman–Crippen LogP) is -1.54. The van der Waals surface area contributed by atoms with Crippen LogP contribution >= 0.6 is 0 Å². The molecule has 8 nitrogen and oxygen atoms in total. The third-order valence-corrected chi connectivity index (χ3v) is 3.30. The lowest BCUT2D eigenvalue weighted by Gasteiger charge is -2.18. The van der Waals surface area contributed by atoms with E-state index in [9.17, 15) is 14.3 Å². The Labute approximate surface area is 118 Å². The van der Waals surface area contributed by atoms with Crippen LogP contribution in [0.1, 0.15) is 11.8 Å². The number of rotatable bonds is 4. The molecule has 1 saturated heterocycles. The van der Waals surface area contributed by atoms with Crippen LogP contribution in [0, 0.1) is 0 Å². The second kappa shape index (κ2) is 6.31. The molecule has 0 saturated carbocycles. The van der Waals surface area contributed by atoms with Gasteiger partial charge in [-0.2, -0.15) is 4.98 Å². The topological polar surface area (TPSA) is 131 Å². The van der Waals surface area contributed by atoms with Crippen molar-refractivity contribution >= 4 is 5.82 Å². The zero-order valence-corrected chi connectivity index (χ0v) is 11.0. The van der Waals surface area contributed by atoms with Gasteiger partial charge < -0.3 is 25.8 Å². The van der Waals surface area contributed by atoms with Gasteiger partial charge in [-0.1, -0.05) is 0 Å². The minimum Gasteiger partial charge on any atom is -0.396 e. The highest BCUT2D eigenvalue weighted by Gasteiger charge is 2.40. The first kappa shape index (κ1) is 15.6. The Kier molecular flexibility index (Phi) is 4.68. The van der Waals surface area contributed by atoms with Crippen molar-refractivity contribution in [3.63, 3.8) is 0 Å². The molecule has 0 aliphatic carbocycles. The molecule has 3 unspecified atom stereocenters. The van der Waals surface area contributed by atoms with Gasteiger partial charge in [0.2, 0.25) is 0 Å². The van der Waals surface area contributed by atoms with E-state index in [2.05, 4.69) is 4.98 Å². The molecule has 1 aromatic heterocycles. The summed E-state index contributed by atoms with van der Waals surface area (Å²) in [5, 5.41) is 28.0. The number of hydrogen-bond donors (Lipinski definition) is 4. The number of aliphatic hydroxyl groups is 3. The zero-order valence-electron chi connectivity index (χ0n) is 11.0. The van der Waals surface area contributed by atoms with Crippen LogP contribution < -0.4 is 11.4 Å². The molecule has 0 amide bonds. The molecule has 9 heteroatoms. The highest BCUT2D eigenvalue weighted by Crippen LogP contribution is 2.32. The lowest BCUT2D eigenvalue weighted by Crippen LogP contribution is -2.33. The monoisotopic (exact) mass is 301 g/mol. The van der Waals surface area contributed by atoms with Gasteiger partial charge in [0.15, 0.2) is 6.23 Å². The van der Waals surface area contributed by atoms with E-state index in [1.165, 1.54) is 6.20 Å². The summed E-state index contributed by atoms with van der Waals surface area (Å²) in [6.45, 7) is -0.739. The van der Waals surface area contributed by atoms with Crippen LogP contribution in [0.2, 0.25) is 0 Å². The maximum atomic E-state index is 12.8. The van der Waals surface area contributed by atoms with Gasteiger partial charge in [0, 0.05) is 30.4 Å². The number of aliphatic hydroxyl groups excluding tert-OH is 3. The Morgan fingerprint density at radius 3 is 2.76 bits per heavy atom. The molecule has 1 aromatic rings. The number of aromatic nitrogens is 2. The van der Waals surface area contributed by atoms with Crippen molar-refractivity contribution in [2.45, 2.75) is 24.9 Å². The largest absolute Gasteiger partial charge is 0.396 e. The smallest absolute Gasteiger partial charge is 0.351 e. The van der Waals surface area contributed by atoms with Crippen molar-refractivity contribution in [3.8, 4) is 0 Å². The van der Waals surface area contributed by atoms with E-state index < -0.39 is 30.7 Å². The van der Waals surface area contributed by atoms with Crippen LogP contribution in [-0.4, -0.2) is 50.3 Å². The van der Waals surface area contributed by atoms with E-state index in [4.69, 9.17) is 20.7 Å². The summed E-state index contributed by atoms with van der Waals surface area (Å²) in [4.78, 5) is 15.4. The standard InChI is InChI=1S/C12H16FN3O5/c13-3-7-8(5-18)21-11(9(7)19)16-4-6(1-2-17)10(14)15-12(16)20/h3-4,8-9,11,17-19H,1-2,5H2,(H2,14,15,20)/b7-3-. The first-order valence-electron chi connectivity index (χ1n) is 6.26. The molecule has 116 valence electrons. The van der Waals surface area contributed by atoms with Crippen LogP contribution in [0.15, 0.2) is 22.9 Å². The second-order valence-corrected chi connectivity index (χ2v) is 4.57. The van der Waals surface area contributed by atoms with Crippen LogP contribution in [0.3, 0.4) is 0 Å². The molecule has 5 N–H and O–H groups in total. The molecular weight excluding hydrogens is 285 g/mol. The van der Waals surface area contributed by atoms with Gasteiger partial charge in [-0.3, -0.25) is 4.57 Å². The number of ether oxygens (including phenoxy) is 1. The molecule has 0 aromatic carbocycles. The lowest BCUT2D eigenvalue weighted by molar-refractivity contribution is -0.0528. The first-order chi connectivity index (χ1) is 10.0. The molecular formula is C12H16FN3O5. The summed E-state index contributed by atoms with van der Waals surface area (Å²) in [5.74, 6) is -0.0299. The van der Waals surface area contributed by atoms with Gasteiger partial charge >= 0.3 is 5.69 Å². The minimum absolute atomic E-state index is 0.0299. The van der Waals surface area contributed by atoms with E-state index in [-0.39, 0.29) is 30.7 Å². The van der Waals surface area contributed by atoms with Gasteiger partial charge in [-0.15, -0.1) is 0 Å². The van der Waals surface area contributed by atoms with E-state index in [0.29, 0.717) is 5.56 Å². The fourth-order valence-corrected chi connectivity index (χ4v) is 2.19. The van der Waals surface area contributed by atoms with Gasteiger partial charge in [0.05, 0.1) is 12.9 Å². The Morgan fingerprint density at radius 1 is 1.52 bits per heavy atom. The maximum Gasteiger partial charge on any atom is 0.351 e. The number of nitrogens with two attached hydrogens (primary N) is 1. The second-order valence-electron chi connectivity index (χ2n) is 4.57. The highest BCUT2D eigenvalue weighted by atomic mass is 19.1. The minimum atomic E-state index is -1.43. The maximum absolute atomic E-state index is 12.8. The summed E-state index contributed by atoms with van der Waals surface area (Å²) in [5.41, 5.74) is 5.02. The molecule has 21 heavy (non-hydrogen) atoms. The predicted molar refractivity (Wildman–Crippen MR) is 69.9 cm³/mol. The molecule has 2 rings (SSSR count). The molecule has 0 bridgehead atoms. The number of nitrogens with zero attached hydrogens (tertiary/aromatic N) is 2. The van der Waals surface area contributed by atoms with Crippen molar-refractivity contribution < 1.29 is 24.4 Å². The van der Waals surface area contributed by atoms with E-state index in [1.807, 2.05) is 0 Å². The Bertz CT molecular complexity index is 603. The van der Waals surface area contributed by atoms with E-state index in [0.717, 1.165) is 4.57 Å². The Hall–Kier alpha value is -1.81. The van der Waals surface area contributed by atoms with Gasteiger partial charge in [0.25, 0.3) is 0 Å². The normalized spacial score (nSPS) is 27.4. The quantitative estimate of drug-likeness (QED) is 0.530. The average molecular weight is 301 g/mol. The van der Waals surface area contributed by atoms with Crippen molar-refractivity contribution in [2.24, 2.45) is 0 Å². The molecule has 1 aliphatic rings. The van der Waals surface area contributed by atoms with Crippen molar-refractivity contribution in [3.05, 3.63) is 34.1 Å². The number of halogens is 1. The summed E-state index contributed by atoms with van der Waals surface area (Å²) in [6.07, 6.45) is -2.09. The van der Waals surface area contributed by atoms with Crippen LogP contribution in [-0.2, 0) is 11.2 Å². The number of nitrogen functional groups attached to an aromatic ring is 1. The van der Waals surface area contributed by atoms with Crippen molar-refractivity contribution in [2.75, 3.05) is 18.9 Å². The molecule has 2 heterocycles. The summed E-state index contributed by atoms with van der Waals surface area (Å²) < 4.78 is 19.0.